The summed E-state index contributed by atoms with van der Waals surface area (Å²) >= 11 is 8.07. The maximum absolute atomic E-state index is 6.07. The Hall–Kier alpha value is -0.480. The van der Waals surface area contributed by atoms with Gasteiger partial charge in [-0.3, -0.25) is 0 Å². The summed E-state index contributed by atoms with van der Waals surface area (Å²) in [5, 5.41) is 0.559. The normalized spacial score (nSPS) is 20.6. The highest BCUT2D eigenvalue weighted by Gasteiger charge is 2.20. The van der Waals surface area contributed by atoms with E-state index in [0.29, 0.717) is 11.2 Å². The molecule has 5 heteroatoms. The van der Waals surface area contributed by atoms with Crippen LogP contribution in [-0.4, -0.2) is 34.1 Å². The molecule has 3 nitrogen and oxygen atoms in total. The first-order chi connectivity index (χ1) is 8.20. The molecule has 0 radical (unpaired) electrons. The number of aryl methyl sites for hydroxylation is 1. The predicted octanol–water partition coefficient (Wildman–Crippen LogP) is 3.02. The summed E-state index contributed by atoms with van der Waals surface area (Å²) in [7, 11) is 0. The van der Waals surface area contributed by atoms with E-state index < -0.39 is 0 Å². The fourth-order valence-corrected chi connectivity index (χ4v) is 3.21. The van der Waals surface area contributed by atoms with Crippen LogP contribution in [0, 0.1) is 0 Å². The molecule has 0 aromatic carbocycles. The molecule has 1 aliphatic heterocycles. The average Bonchev–Trinajstić information content (AvgIpc) is 2.29. The van der Waals surface area contributed by atoms with Crippen molar-refractivity contribution in [2.24, 2.45) is 0 Å². The Morgan fingerprint density at radius 2 is 2.35 bits per heavy atom. The minimum Gasteiger partial charge on any atom is -0.352 e. The zero-order valence-corrected chi connectivity index (χ0v) is 11.9. The molecule has 0 saturated carbocycles. The molecule has 0 N–H and O–H groups in total. The summed E-state index contributed by atoms with van der Waals surface area (Å²) in [6.45, 7) is 5.41. The maximum Gasteiger partial charge on any atom is 0.134 e. The topological polar surface area (TPSA) is 29.0 Å². The molecule has 1 saturated heterocycles. The van der Waals surface area contributed by atoms with Crippen LogP contribution in [0.4, 0.5) is 5.82 Å². The summed E-state index contributed by atoms with van der Waals surface area (Å²) in [6.07, 6.45) is 1.94. The van der Waals surface area contributed by atoms with Crippen LogP contribution in [0.15, 0.2) is 6.07 Å². The molecule has 1 aliphatic rings. The van der Waals surface area contributed by atoms with Gasteiger partial charge in [0.1, 0.15) is 16.8 Å². The third-order valence-electron chi connectivity index (χ3n) is 2.86. The van der Waals surface area contributed by atoms with Gasteiger partial charge in [0, 0.05) is 36.6 Å². The van der Waals surface area contributed by atoms with Crippen molar-refractivity contribution in [3.05, 3.63) is 17.0 Å². The van der Waals surface area contributed by atoms with Crippen molar-refractivity contribution in [3.8, 4) is 0 Å². The largest absolute Gasteiger partial charge is 0.352 e. The Kier molecular flexibility index (Phi) is 4.51. The Morgan fingerprint density at radius 1 is 1.53 bits per heavy atom. The maximum atomic E-state index is 6.07. The van der Waals surface area contributed by atoms with Gasteiger partial charge in [-0.05, 0) is 13.3 Å². The number of rotatable bonds is 3. The lowest BCUT2D eigenvalue weighted by Crippen LogP contribution is -2.41. The lowest BCUT2D eigenvalue weighted by molar-refractivity contribution is 0.682. The summed E-state index contributed by atoms with van der Waals surface area (Å²) < 4.78 is 0. The molecule has 17 heavy (non-hydrogen) atoms. The first-order valence-corrected chi connectivity index (χ1v) is 7.62. The van der Waals surface area contributed by atoms with Crippen LogP contribution < -0.4 is 4.90 Å². The van der Waals surface area contributed by atoms with Gasteiger partial charge in [0.25, 0.3) is 0 Å². The van der Waals surface area contributed by atoms with Crippen LogP contribution in [0.3, 0.4) is 0 Å². The smallest absolute Gasteiger partial charge is 0.134 e. The molecule has 0 bridgehead atoms. The fourth-order valence-electron chi connectivity index (χ4n) is 2.00. The van der Waals surface area contributed by atoms with E-state index in [4.69, 9.17) is 11.6 Å². The van der Waals surface area contributed by atoms with E-state index in [-0.39, 0.29) is 0 Å². The van der Waals surface area contributed by atoms with Gasteiger partial charge < -0.3 is 4.90 Å². The lowest BCUT2D eigenvalue weighted by atomic mass is 10.3. The Morgan fingerprint density at radius 3 is 3.06 bits per heavy atom. The Labute approximate surface area is 112 Å². The van der Waals surface area contributed by atoms with Crippen molar-refractivity contribution in [1.82, 2.24) is 9.97 Å². The molecule has 1 aromatic heterocycles. The Balaban J connectivity index is 2.24. The molecule has 1 fully saturated rings. The van der Waals surface area contributed by atoms with Gasteiger partial charge in [-0.1, -0.05) is 18.5 Å². The highest BCUT2D eigenvalue weighted by molar-refractivity contribution is 7.99. The highest BCUT2D eigenvalue weighted by atomic mass is 35.5. The van der Waals surface area contributed by atoms with Crippen molar-refractivity contribution in [1.29, 1.82) is 0 Å². The van der Waals surface area contributed by atoms with Crippen molar-refractivity contribution in [2.75, 3.05) is 23.0 Å². The lowest BCUT2D eigenvalue weighted by Gasteiger charge is -2.34. The molecular weight excluding hydrogens is 254 g/mol. The molecule has 0 aliphatic carbocycles. The molecule has 0 amide bonds. The van der Waals surface area contributed by atoms with Gasteiger partial charge in [0.15, 0.2) is 0 Å². The van der Waals surface area contributed by atoms with E-state index in [1.807, 2.05) is 17.8 Å². The first-order valence-electron chi connectivity index (χ1n) is 6.08. The minimum atomic E-state index is 0.522. The molecule has 94 valence electrons. The number of anilines is 1. The van der Waals surface area contributed by atoms with E-state index in [0.717, 1.165) is 42.5 Å². The van der Waals surface area contributed by atoms with Crippen LogP contribution in [0.2, 0.25) is 5.15 Å². The predicted molar refractivity (Wildman–Crippen MR) is 75.2 cm³/mol. The van der Waals surface area contributed by atoms with Crippen molar-refractivity contribution < 1.29 is 0 Å². The highest BCUT2D eigenvalue weighted by Crippen LogP contribution is 2.24. The Bertz CT molecular complexity index is 386. The minimum absolute atomic E-state index is 0.522. The third kappa shape index (κ3) is 3.26. The van der Waals surface area contributed by atoms with Gasteiger partial charge in [-0.15, -0.1) is 0 Å². The number of thioether (sulfide) groups is 1. The average molecular weight is 272 g/mol. The molecule has 1 aromatic rings. The SMILES string of the molecule is CCCc1nc(Cl)cc(N2CCSCC2C)n1. The van der Waals surface area contributed by atoms with Gasteiger partial charge in [-0.2, -0.15) is 11.8 Å². The van der Waals surface area contributed by atoms with E-state index in [1.165, 1.54) is 0 Å². The number of nitrogens with zero attached hydrogens (tertiary/aromatic N) is 3. The second kappa shape index (κ2) is 5.91. The quantitative estimate of drug-likeness (QED) is 0.791. The van der Waals surface area contributed by atoms with E-state index >= 15 is 0 Å². The summed E-state index contributed by atoms with van der Waals surface area (Å²) in [5.41, 5.74) is 0. The van der Waals surface area contributed by atoms with Gasteiger partial charge in [-0.25, -0.2) is 9.97 Å². The number of hydrogen-bond donors (Lipinski definition) is 0. The second-order valence-corrected chi connectivity index (χ2v) is 5.87. The monoisotopic (exact) mass is 271 g/mol. The molecule has 2 rings (SSSR count). The first kappa shape index (κ1) is 13.0. The van der Waals surface area contributed by atoms with E-state index in [2.05, 4.69) is 28.7 Å². The second-order valence-electron chi connectivity index (χ2n) is 4.33. The van der Waals surface area contributed by atoms with E-state index in [9.17, 15) is 0 Å². The van der Waals surface area contributed by atoms with Crippen LogP contribution in [0.25, 0.3) is 0 Å². The van der Waals surface area contributed by atoms with Crippen LogP contribution in [0.1, 0.15) is 26.1 Å². The van der Waals surface area contributed by atoms with E-state index in [1.54, 1.807) is 0 Å². The van der Waals surface area contributed by atoms with Crippen LogP contribution in [0.5, 0.6) is 0 Å². The van der Waals surface area contributed by atoms with Gasteiger partial charge in [0.2, 0.25) is 0 Å². The van der Waals surface area contributed by atoms with Crippen molar-refractivity contribution in [3.63, 3.8) is 0 Å². The molecule has 1 atom stereocenters. The zero-order chi connectivity index (χ0) is 12.3. The molecule has 1 unspecified atom stereocenters. The summed E-state index contributed by atoms with van der Waals surface area (Å²) in [6, 6.07) is 2.40. The van der Waals surface area contributed by atoms with Crippen molar-refractivity contribution >= 4 is 29.2 Å². The van der Waals surface area contributed by atoms with Crippen molar-refractivity contribution in [2.45, 2.75) is 32.7 Å². The molecule has 0 spiro atoms. The molecule has 2 heterocycles. The number of hydrogen-bond acceptors (Lipinski definition) is 4. The summed E-state index contributed by atoms with van der Waals surface area (Å²) in [5.74, 6) is 4.17. The zero-order valence-electron chi connectivity index (χ0n) is 10.3. The van der Waals surface area contributed by atoms with Gasteiger partial charge in [0.05, 0.1) is 0 Å². The number of halogens is 1. The standard InChI is InChI=1S/C12H18ClN3S/c1-3-4-11-14-10(13)7-12(15-11)16-5-6-17-8-9(16)2/h7,9H,3-6,8H2,1-2H3. The summed E-state index contributed by atoms with van der Waals surface area (Å²) in [4.78, 5) is 11.2. The molecular formula is C12H18ClN3S. The number of aromatic nitrogens is 2. The van der Waals surface area contributed by atoms with Crippen LogP contribution in [-0.2, 0) is 6.42 Å². The third-order valence-corrected chi connectivity index (χ3v) is 4.25. The van der Waals surface area contributed by atoms with Gasteiger partial charge >= 0.3 is 0 Å². The van der Waals surface area contributed by atoms with Crippen LogP contribution >= 0.6 is 23.4 Å². The fraction of sp³-hybridized carbons (Fsp3) is 0.667.